The first-order chi connectivity index (χ1) is 13.1. The van der Waals surface area contributed by atoms with E-state index in [0.29, 0.717) is 0 Å². The van der Waals surface area contributed by atoms with E-state index >= 15 is 0 Å². The molecule has 0 amide bonds. The second-order valence-electron chi connectivity index (χ2n) is 8.55. The van der Waals surface area contributed by atoms with Gasteiger partial charge in [-0.1, -0.05) is 43.7 Å². The van der Waals surface area contributed by atoms with Gasteiger partial charge in [-0.25, -0.2) is 4.98 Å². The predicted octanol–water partition coefficient (Wildman–Crippen LogP) is 6.56. The normalized spacial score (nSPS) is 18.3. The van der Waals surface area contributed by atoms with Crippen molar-refractivity contribution in [2.45, 2.75) is 44.9 Å². The average Bonchev–Trinajstić information content (AvgIpc) is 2.70. The van der Waals surface area contributed by atoms with Crippen molar-refractivity contribution in [1.29, 1.82) is 0 Å². The Kier molecular flexibility index (Phi) is 2.93. The van der Waals surface area contributed by atoms with Crippen LogP contribution in [0.3, 0.4) is 0 Å². The van der Waals surface area contributed by atoms with Gasteiger partial charge in [0.15, 0.2) is 0 Å². The second-order valence-corrected chi connectivity index (χ2v) is 8.55. The number of pyridine rings is 2. The largest absolute Gasteiger partial charge is 0.255 e. The summed E-state index contributed by atoms with van der Waals surface area (Å²) >= 11 is 0. The van der Waals surface area contributed by atoms with Crippen LogP contribution in [0.2, 0.25) is 0 Å². The molecule has 2 heteroatoms. The molecule has 27 heavy (non-hydrogen) atoms. The molecule has 132 valence electrons. The van der Waals surface area contributed by atoms with Crippen LogP contribution in [0.1, 0.15) is 50.8 Å². The molecule has 0 unspecified atom stereocenters. The number of aromatic nitrogens is 2. The fourth-order valence-corrected chi connectivity index (χ4v) is 5.35. The topological polar surface area (TPSA) is 25.8 Å². The van der Waals surface area contributed by atoms with E-state index in [-0.39, 0.29) is 5.41 Å². The van der Waals surface area contributed by atoms with Crippen LogP contribution >= 0.6 is 0 Å². The van der Waals surface area contributed by atoms with Crippen molar-refractivity contribution < 1.29 is 0 Å². The lowest BCUT2D eigenvalue weighted by Gasteiger charge is -2.39. The molecular weight excluding hydrogens is 328 g/mol. The molecular formula is C25H22N2. The Morgan fingerprint density at radius 2 is 1.70 bits per heavy atom. The van der Waals surface area contributed by atoms with Gasteiger partial charge in [0.05, 0.1) is 16.7 Å². The Morgan fingerprint density at radius 3 is 2.56 bits per heavy atom. The van der Waals surface area contributed by atoms with Gasteiger partial charge in [0.1, 0.15) is 0 Å². The van der Waals surface area contributed by atoms with E-state index < -0.39 is 0 Å². The van der Waals surface area contributed by atoms with Crippen molar-refractivity contribution in [3.05, 3.63) is 65.5 Å². The van der Waals surface area contributed by atoms with E-state index in [4.69, 9.17) is 9.97 Å². The van der Waals surface area contributed by atoms with E-state index in [1.807, 2.05) is 6.20 Å². The molecule has 0 saturated carbocycles. The Morgan fingerprint density at radius 1 is 0.926 bits per heavy atom. The van der Waals surface area contributed by atoms with Crippen molar-refractivity contribution in [3.8, 4) is 0 Å². The lowest BCUT2D eigenvalue weighted by molar-refractivity contribution is 0.554. The Balaban J connectivity index is 1.83. The maximum atomic E-state index is 5.24. The molecule has 2 aromatic carbocycles. The summed E-state index contributed by atoms with van der Waals surface area (Å²) in [5.41, 5.74) is 7.93. The molecule has 0 radical (unpaired) electrons. The number of fused-ring (bicyclic) bond motifs is 4. The summed E-state index contributed by atoms with van der Waals surface area (Å²) in [5.74, 6) is 0. The summed E-state index contributed by atoms with van der Waals surface area (Å²) < 4.78 is 0. The van der Waals surface area contributed by atoms with Crippen molar-refractivity contribution in [1.82, 2.24) is 9.97 Å². The molecule has 6 rings (SSSR count). The molecule has 0 fully saturated rings. The first-order valence-electron chi connectivity index (χ1n) is 9.99. The lowest BCUT2D eigenvalue weighted by Crippen LogP contribution is -2.27. The van der Waals surface area contributed by atoms with Gasteiger partial charge in [-0.15, -0.1) is 0 Å². The van der Waals surface area contributed by atoms with Gasteiger partial charge in [-0.2, -0.15) is 0 Å². The molecule has 0 saturated heterocycles. The molecule has 2 nitrogen and oxygen atoms in total. The molecule has 4 aromatic rings. The van der Waals surface area contributed by atoms with E-state index in [9.17, 15) is 0 Å². The first kappa shape index (κ1) is 15.3. The van der Waals surface area contributed by atoms with Crippen molar-refractivity contribution in [3.63, 3.8) is 0 Å². The summed E-state index contributed by atoms with van der Waals surface area (Å²) in [6.45, 7) is 4.77. The van der Waals surface area contributed by atoms with Crippen LogP contribution in [0.5, 0.6) is 0 Å². The number of nitrogens with zero attached hydrogens (tertiary/aromatic N) is 2. The fraction of sp³-hybridized carbons (Fsp3) is 0.280. The molecule has 2 aliphatic rings. The van der Waals surface area contributed by atoms with Crippen LogP contribution in [-0.4, -0.2) is 9.97 Å². The minimum Gasteiger partial charge on any atom is -0.255 e. The summed E-state index contributed by atoms with van der Waals surface area (Å²) in [5, 5.41) is 4.95. The SMILES string of the molecule is CC1(C)C2=C(CCCC2)c2nc3cc4ccccc4cc3c3nccc1c23. The Bertz CT molecular complexity index is 1290. The monoisotopic (exact) mass is 350 g/mol. The quantitative estimate of drug-likeness (QED) is 0.265. The van der Waals surface area contributed by atoms with Crippen LogP contribution in [0.15, 0.2) is 54.2 Å². The highest BCUT2D eigenvalue weighted by Crippen LogP contribution is 2.51. The van der Waals surface area contributed by atoms with Crippen LogP contribution in [0, 0.1) is 0 Å². The summed E-state index contributed by atoms with van der Waals surface area (Å²) in [4.78, 5) is 10.1. The van der Waals surface area contributed by atoms with Gasteiger partial charge >= 0.3 is 0 Å². The van der Waals surface area contributed by atoms with E-state index in [0.717, 1.165) is 17.5 Å². The van der Waals surface area contributed by atoms with Crippen LogP contribution in [0.4, 0.5) is 0 Å². The van der Waals surface area contributed by atoms with Gasteiger partial charge in [-0.3, -0.25) is 4.98 Å². The van der Waals surface area contributed by atoms with Gasteiger partial charge in [0.2, 0.25) is 0 Å². The zero-order chi connectivity index (χ0) is 18.2. The summed E-state index contributed by atoms with van der Waals surface area (Å²) in [6, 6.07) is 15.3. The van der Waals surface area contributed by atoms with Gasteiger partial charge < -0.3 is 0 Å². The summed E-state index contributed by atoms with van der Waals surface area (Å²) in [7, 11) is 0. The smallest absolute Gasteiger partial charge is 0.0821 e. The van der Waals surface area contributed by atoms with Gasteiger partial charge in [0, 0.05) is 22.4 Å². The highest BCUT2D eigenvalue weighted by molar-refractivity contribution is 6.13. The molecule has 0 spiro atoms. The Hall–Kier alpha value is -2.74. The van der Waals surface area contributed by atoms with Crippen molar-refractivity contribution in [2.24, 2.45) is 0 Å². The second kappa shape index (κ2) is 5.16. The third-order valence-corrected chi connectivity index (χ3v) is 6.72. The minimum atomic E-state index is 0.0656. The number of rotatable bonds is 0. The molecule has 2 heterocycles. The molecule has 2 aromatic heterocycles. The maximum absolute atomic E-state index is 5.24. The third kappa shape index (κ3) is 1.96. The van der Waals surface area contributed by atoms with Crippen molar-refractivity contribution in [2.75, 3.05) is 0 Å². The van der Waals surface area contributed by atoms with E-state index in [1.165, 1.54) is 57.6 Å². The first-order valence-corrected chi connectivity index (χ1v) is 9.99. The molecule has 0 N–H and O–H groups in total. The number of hydrogen-bond donors (Lipinski definition) is 0. The molecule has 0 atom stereocenters. The van der Waals surface area contributed by atoms with E-state index in [1.54, 1.807) is 5.57 Å². The number of allylic oxidation sites excluding steroid dienone is 2. The highest BCUT2D eigenvalue weighted by Gasteiger charge is 2.37. The number of benzene rings is 2. The standard InChI is InChI=1S/C25H22N2/c1-25(2)19-10-6-5-9-17(19)24-22-20(25)11-12-26-23(22)18-13-15-7-3-4-8-16(15)14-21(18)27-24/h3-4,7-8,11-14H,5-6,9-10H2,1-2H3. The highest BCUT2D eigenvalue weighted by atomic mass is 14.8. The lowest BCUT2D eigenvalue weighted by atomic mass is 9.66. The third-order valence-electron chi connectivity index (χ3n) is 6.72. The zero-order valence-electron chi connectivity index (χ0n) is 15.8. The molecule has 0 aliphatic heterocycles. The average molecular weight is 350 g/mol. The Labute approximate surface area is 158 Å². The minimum absolute atomic E-state index is 0.0656. The van der Waals surface area contributed by atoms with Crippen molar-refractivity contribution >= 4 is 38.2 Å². The fourth-order valence-electron chi connectivity index (χ4n) is 5.35. The van der Waals surface area contributed by atoms with Crippen LogP contribution in [-0.2, 0) is 5.41 Å². The van der Waals surface area contributed by atoms with Crippen LogP contribution < -0.4 is 0 Å². The van der Waals surface area contributed by atoms with Crippen LogP contribution in [0.25, 0.3) is 38.2 Å². The van der Waals surface area contributed by atoms with Gasteiger partial charge in [-0.05, 0) is 65.8 Å². The summed E-state index contributed by atoms with van der Waals surface area (Å²) in [6.07, 6.45) is 6.90. The molecule has 2 aliphatic carbocycles. The van der Waals surface area contributed by atoms with Gasteiger partial charge in [0.25, 0.3) is 0 Å². The zero-order valence-corrected chi connectivity index (χ0v) is 15.8. The maximum Gasteiger partial charge on any atom is 0.0821 e. The predicted molar refractivity (Wildman–Crippen MR) is 113 cm³/mol. The molecule has 0 bridgehead atoms. The number of hydrogen-bond acceptors (Lipinski definition) is 2. The van der Waals surface area contributed by atoms with E-state index in [2.05, 4.69) is 56.3 Å².